The molecule has 0 bridgehead atoms. The molecule has 1 aliphatic rings. The molecule has 0 saturated carbocycles. The van der Waals surface area contributed by atoms with Crippen molar-refractivity contribution < 1.29 is 27.9 Å². The fourth-order valence-electron chi connectivity index (χ4n) is 3.10. The number of benzene rings is 1. The van der Waals surface area contributed by atoms with Crippen molar-refractivity contribution in [1.82, 2.24) is 4.90 Å². The van der Waals surface area contributed by atoms with Gasteiger partial charge in [-0.05, 0) is 37.3 Å². The maximum atomic E-state index is 12.8. The summed E-state index contributed by atoms with van der Waals surface area (Å²) in [5.74, 6) is -1.83. The van der Waals surface area contributed by atoms with Crippen molar-refractivity contribution >= 4 is 11.9 Å². The second-order valence-corrected chi connectivity index (χ2v) is 6.46. The van der Waals surface area contributed by atoms with E-state index in [1.54, 1.807) is 13.0 Å². The van der Waals surface area contributed by atoms with Gasteiger partial charge in [-0.2, -0.15) is 13.2 Å². The molecule has 1 heterocycles. The van der Waals surface area contributed by atoms with E-state index in [1.807, 2.05) is 0 Å². The van der Waals surface area contributed by atoms with E-state index >= 15 is 0 Å². The van der Waals surface area contributed by atoms with Gasteiger partial charge in [-0.25, -0.2) is 4.79 Å². The second-order valence-electron chi connectivity index (χ2n) is 6.46. The van der Waals surface area contributed by atoms with Gasteiger partial charge in [-0.3, -0.25) is 4.79 Å². The zero-order valence-electron chi connectivity index (χ0n) is 13.6. The minimum absolute atomic E-state index is 0.0236. The number of carboxylic acids is 1. The fraction of sp³-hybridized carbons (Fsp3) is 0.529. The van der Waals surface area contributed by atoms with Crippen LogP contribution in [0.5, 0.6) is 0 Å². The van der Waals surface area contributed by atoms with Crippen LogP contribution < -0.4 is 0 Å². The molecule has 0 aliphatic carbocycles. The van der Waals surface area contributed by atoms with Crippen molar-refractivity contribution in [1.29, 1.82) is 0 Å². The molecular weight excluding hydrogens is 323 g/mol. The van der Waals surface area contributed by atoms with E-state index in [0.29, 0.717) is 24.9 Å². The first kappa shape index (κ1) is 18.3. The monoisotopic (exact) mass is 343 g/mol. The van der Waals surface area contributed by atoms with Gasteiger partial charge >= 0.3 is 12.1 Å². The van der Waals surface area contributed by atoms with Gasteiger partial charge in [-0.15, -0.1) is 0 Å². The molecule has 7 heteroatoms. The van der Waals surface area contributed by atoms with E-state index in [0.717, 1.165) is 12.1 Å². The summed E-state index contributed by atoms with van der Waals surface area (Å²) >= 11 is 0. The Morgan fingerprint density at radius 3 is 2.62 bits per heavy atom. The predicted molar refractivity (Wildman–Crippen MR) is 81.5 cm³/mol. The molecule has 2 rings (SSSR count). The summed E-state index contributed by atoms with van der Waals surface area (Å²) in [7, 11) is 0. The third-order valence-corrected chi connectivity index (χ3v) is 4.67. The van der Waals surface area contributed by atoms with E-state index in [2.05, 4.69) is 0 Å². The molecule has 0 aromatic heterocycles. The van der Waals surface area contributed by atoms with Crippen LogP contribution in [-0.2, 0) is 15.8 Å². The van der Waals surface area contributed by atoms with Gasteiger partial charge in [0.2, 0.25) is 5.91 Å². The number of aliphatic carboxylic acids is 1. The molecule has 1 N–H and O–H groups in total. The summed E-state index contributed by atoms with van der Waals surface area (Å²) in [4.78, 5) is 25.2. The number of carboxylic acid groups (broad SMARTS) is 1. The van der Waals surface area contributed by atoms with E-state index in [4.69, 9.17) is 0 Å². The number of alkyl halides is 3. The maximum Gasteiger partial charge on any atom is 0.416 e. The first-order valence-electron chi connectivity index (χ1n) is 7.76. The normalized spacial score (nSPS) is 22.5. The lowest BCUT2D eigenvalue weighted by atomic mass is 9.94. The first-order valence-corrected chi connectivity index (χ1v) is 7.76. The van der Waals surface area contributed by atoms with Crippen LogP contribution in [0.25, 0.3) is 0 Å². The quantitative estimate of drug-likeness (QED) is 0.908. The minimum Gasteiger partial charge on any atom is -0.480 e. The Bertz CT molecular complexity index is 644. The Labute approximate surface area is 138 Å². The molecule has 0 spiro atoms. The summed E-state index contributed by atoms with van der Waals surface area (Å²) in [6.45, 7) is 3.54. The molecular formula is C17H20F3NO3. The lowest BCUT2D eigenvalue weighted by Crippen LogP contribution is -2.50. The van der Waals surface area contributed by atoms with Crippen LogP contribution in [0.2, 0.25) is 0 Å². The first-order chi connectivity index (χ1) is 11.1. The van der Waals surface area contributed by atoms with Gasteiger partial charge in [0.05, 0.1) is 5.56 Å². The van der Waals surface area contributed by atoms with Crippen LogP contribution in [0, 0.1) is 0 Å². The second kappa shape index (κ2) is 6.45. The molecule has 2 unspecified atom stereocenters. The predicted octanol–water partition coefficient (Wildman–Crippen LogP) is 3.66. The smallest absolute Gasteiger partial charge is 0.416 e. The summed E-state index contributed by atoms with van der Waals surface area (Å²) in [5.41, 5.74) is -1.57. The average molecular weight is 343 g/mol. The minimum atomic E-state index is -4.43. The van der Waals surface area contributed by atoms with Gasteiger partial charge in [0, 0.05) is 13.0 Å². The van der Waals surface area contributed by atoms with E-state index in [-0.39, 0.29) is 12.3 Å². The number of halogens is 3. The van der Waals surface area contributed by atoms with Crippen LogP contribution >= 0.6 is 0 Å². The number of hydrogen-bond donors (Lipinski definition) is 1. The summed E-state index contributed by atoms with van der Waals surface area (Å²) < 4.78 is 38.4. The highest BCUT2D eigenvalue weighted by Crippen LogP contribution is 2.34. The number of hydrogen-bond acceptors (Lipinski definition) is 2. The molecule has 1 fully saturated rings. The van der Waals surface area contributed by atoms with Crippen molar-refractivity contribution in [3.63, 3.8) is 0 Å². The van der Waals surface area contributed by atoms with Crippen molar-refractivity contribution in [2.24, 2.45) is 0 Å². The topological polar surface area (TPSA) is 57.6 Å². The average Bonchev–Trinajstić information content (AvgIpc) is 2.90. The highest BCUT2D eigenvalue weighted by Gasteiger charge is 2.45. The van der Waals surface area contributed by atoms with Crippen molar-refractivity contribution in [2.45, 2.75) is 50.7 Å². The van der Waals surface area contributed by atoms with Crippen LogP contribution in [-0.4, -0.2) is 34.0 Å². The van der Waals surface area contributed by atoms with Crippen LogP contribution in [0.3, 0.4) is 0 Å². The van der Waals surface area contributed by atoms with Crippen LogP contribution in [0.1, 0.15) is 50.2 Å². The highest BCUT2D eigenvalue weighted by atomic mass is 19.4. The molecule has 0 radical (unpaired) electrons. The molecule has 1 amide bonds. The fourth-order valence-corrected chi connectivity index (χ4v) is 3.10. The highest BCUT2D eigenvalue weighted by molar-refractivity contribution is 5.87. The molecule has 1 aliphatic heterocycles. The Morgan fingerprint density at radius 1 is 1.38 bits per heavy atom. The van der Waals surface area contributed by atoms with Gasteiger partial charge in [0.15, 0.2) is 0 Å². The SMILES string of the molecule is CC(CC(=O)N1CCCC1(C)C(=O)O)c1cccc(C(F)(F)F)c1. The third-order valence-electron chi connectivity index (χ3n) is 4.67. The molecule has 2 atom stereocenters. The van der Waals surface area contributed by atoms with Crippen molar-refractivity contribution in [3.8, 4) is 0 Å². The summed E-state index contributed by atoms with van der Waals surface area (Å²) in [6.07, 6.45) is -3.47. The Hall–Kier alpha value is -2.05. The lowest BCUT2D eigenvalue weighted by molar-refractivity contribution is -0.155. The van der Waals surface area contributed by atoms with Crippen molar-refractivity contribution in [3.05, 3.63) is 35.4 Å². The largest absolute Gasteiger partial charge is 0.480 e. The van der Waals surface area contributed by atoms with E-state index in [1.165, 1.54) is 17.9 Å². The number of likely N-dealkylation sites (tertiary alicyclic amines) is 1. The number of rotatable bonds is 4. The summed E-state index contributed by atoms with van der Waals surface area (Å²) in [6, 6.07) is 4.89. The zero-order valence-corrected chi connectivity index (χ0v) is 13.6. The Balaban J connectivity index is 2.14. The zero-order chi connectivity index (χ0) is 18.1. The molecule has 132 valence electrons. The van der Waals surface area contributed by atoms with Gasteiger partial charge in [0.1, 0.15) is 5.54 Å². The van der Waals surface area contributed by atoms with Gasteiger partial charge in [0.25, 0.3) is 0 Å². The van der Waals surface area contributed by atoms with Crippen LogP contribution in [0.4, 0.5) is 13.2 Å². The standard InChI is InChI=1S/C17H20F3NO3/c1-11(12-5-3-6-13(10-12)17(18,19)20)9-14(22)21-8-4-7-16(21,2)15(23)24/h3,5-6,10-11H,4,7-9H2,1-2H3,(H,23,24). The van der Waals surface area contributed by atoms with E-state index < -0.39 is 29.2 Å². The molecule has 4 nitrogen and oxygen atoms in total. The number of nitrogens with zero attached hydrogens (tertiary/aromatic N) is 1. The number of carbonyl (C=O) groups is 2. The van der Waals surface area contributed by atoms with Gasteiger partial charge < -0.3 is 10.0 Å². The third kappa shape index (κ3) is 3.55. The molecule has 1 aromatic rings. The van der Waals surface area contributed by atoms with Crippen molar-refractivity contribution in [2.75, 3.05) is 6.54 Å². The number of carbonyl (C=O) groups excluding carboxylic acids is 1. The summed E-state index contributed by atoms with van der Waals surface area (Å²) in [5, 5.41) is 9.35. The lowest BCUT2D eigenvalue weighted by Gasteiger charge is -2.32. The van der Waals surface area contributed by atoms with E-state index in [9.17, 15) is 27.9 Å². The molecule has 1 saturated heterocycles. The molecule has 1 aromatic carbocycles. The Morgan fingerprint density at radius 2 is 2.04 bits per heavy atom. The number of amides is 1. The van der Waals surface area contributed by atoms with Gasteiger partial charge in [-0.1, -0.05) is 25.1 Å². The maximum absolute atomic E-state index is 12.8. The van der Waals surface area contributed by atoms with Crippen LogP contribution in [0.15, 0.2) is 24.3 Å². The molecule has 24 heavy (non-hydrogen) atoms. The Kier molecular flexibility index (Phi) is 4.92.